The van der Waals surface area contributed by atoms with E-state index in [0.29, 0.717) is 12.6 Å². The number of pyridine rings is 1. The monoisotopic (exact) mass is 562 g/mol. The van der Waals surface area contributed by atoms with Gasteiger partial charge in [0.05, 0.1) is 17.8 Å². The van der Waals surface area contributed by atoms with Gasteiger partial charge in [-0.3, -0.25) is 9.69 Å². The van der Waals surface area contributed by atoms with Crippen molar-refractivity contribution in [2.75, 3.05) is 63.1 Å². The number of nitrogens with zero attached hydrogens (tertiary/aromatic N) is 4. The maximum absolute atomic E-state index is 12.8. The van der Waals surface area contributed by atoms with E-state index in [0.717, 1.165) is 92.1 Å². The van der Waals surface area contributed by atoms with Crippen LogP contribution in [0.3, 0.4) is 0 Å². The van der Waals surface area contributed by atoms with E-state index < -0.39 is 0 Å². The standard InChI is InChI=1S/C35H42N6O/c1-26-22-34(28-8-11-31(12-9-28)41-20-18-39(2)19-21-41)38-33-13-10-30(23-32(26)33)37-35(42)24-36-29-14-16-40(17-15-29)25-27-6-4-3-5-7-27/h3-13,22-23,29,36H,14-21,24-25H2,1-2H3,(H,37,42). The number of amides is 1. The number of piperazine rings is 1. The van der Waals surface area contributed by atoms with Crippen LogP contribution < -0.4 is 15.5 Å². The molecule has 7 heteroatoms. The van der Waals surface area contributed by atoms with Crippen LogP contribution in [0.25, 0.3) is 22.2 Å². The molecule has 3 aromatic carbocycles. The molecular formula is C35H42N6O. The highest BCUT2D eigenvalue weighted by Gasteiger charge is 2.20. The Bertz CT molecular complexity index is 1490. The van der Waals surface area contributed by atoms with Crippen molar-refractivity contribution in [2.24, 2.45) is 0 Å². The summed E-state index contributed by atoms with van der Waals surface area (Å²) in [5.41, 5.74) is 7.61. The molecule has 2 aliphatic rings. The van der Waals surface area contributed by atoms with Crippen LogP contribution in [0.5, 0.6) is 0 Å². The number of nitrogens with one attached hydrogen (secondary N) is 2. The highest BCUT2D eigenvalue weighted by atomic mass is 16.1. The van der Waals surface area contributed by atoms with E-state index in [4.69, 9.17) is 4.98 Å². The van der Waals surface area contributed by atoms with Crippen molar-refractivity contribution in [1.82, 2.24) is 20.1 Å². The Kier molecular flexibility index (Phi) is 8.79. The number of hydrogen-bond donors (Lipinski definition) is 2. The van der Waals surface area contributed by atoms with Gasteiger partial charge < -0.3 is 20.4 Å². The third kappa shape index (κ3) is 6.98. The van der Waals surface area contributed by atoms with Crippen LogP contribution in [0, 0.1) is 6.92 Å². The summed E-state index contributed by atoms with van der Waals surface area (Å²) in [6.07, 6.45) is 2.11. The van der Waals surface area contributed by atoms with Gasteiger partial charge in [0, 0.05) is 61.1 Å². The topological polar surface area (TPSA) is 63.7 Å². The Morgan fingerprint density at radius 1 is 0.881 bits per heavy atom. The number of aryl methyl sites for hydroxylation is 1. The highest BCUT2D eigenvalue weighted by Crippen LogP contribution is 2.28. The van der Waals surface area contributed by atoms with Gasteiger partial charge in [0.15, 0.2) is 0 Å². The summed E-state index contributed by atoms with van der Waals surface area (Å²) in [5.74, 6) is -0.0104. The summed E-state index contributed by atoms with van der Waals surface area (Å²) in [5, 5.41) is 7.61. The molecule has 2 fully saturated rings. The lowest BCUT2D eigenvalue weighted by atomic mass is 10.0. The van der Waals surface area contributed by atoms with Crippen molar-refractivity contribution >= 4 is 28.2 Å². The van der Waals surface area contributed by atoms with Gasteiger partial charge >= 0.3 is 0 Å². The molecule has 0 bridgehead atoms. The normalized spacial score (nSPS) is 17.0. The number of benzene rings is 3. The lowest BCUT2D eigenvalue weighted by molar-refractivity contribution is -0.115. The molecule has 3 heterocycles. The van der Waals surface area contributed by atoms with E-state index in [9.17, 15) is 4.79 Å². The predicted molar refractivity (Wildman–Crippen MR) is 173 cm³/mol. The van der Waals surface area contributed by atoms with Crippen molar-refractivity contribution in [3.05, 3.63) is 90.0 Å². The minimum atomic E-state index is -0.0104. The Morgan fingerprint density at radius 3 is 2.36 bits per heavy atom. The van der Waals surface area contributed by atoms with Crippen LogP contribution in [0.2, 0.25) is 0 Å². The van der Waals surface area contributed by atoms with Crippen LogP contribution in [0.15, 0.2) is 78.9 Å². The van der Waals surface area contributed by atoms with Gasteiger partial charge in [-0.05, 0) is 87.4 Å². The van der Waals surface area contributed by atoms with Gasteiger partial charge in [-0.25, -0.2) is 4.98 Å². The first kappa shape index (κ1) is 28.3. The molecule has 42 heavy (non-hydrogen) atoms. The first-order valence-corrected chi connectivity index (χ1v) is 15.2. The van der Waals surface area contributed by atoms with Crippen LogP contribution >= 0.6 is 0 Å². The zero-order chi connectivity index (χ0) is 28.9. The number of piperidine rings is 1. The Balaban J connectivity index is 1.02. The second-order valence-corrected chi connectivity index (χ2v) is 11.9. The molecule has 2 saturated heterocycles. The molecule has 2 aliphatic heterocycles. The molecule has 218 valence electrons. The summed E-state index contributed by atoms with van der Waals surface area (Å²) >= 11 is 0. The summed E-state index contributed by atoms with van der Waals surface area (Å²) in [7, 11) is 2.18. The van der Waals surface area contributed by atoms with E-state index in [1.807, 2.05) is 18.2 Å². The van der Waals surface area contributed by atoms with Gasteiger partial charge in [0.1, 0.15) is 0 Å². The fraction of sp³-hybridized carbons (Fsp3) is 0.371. The van der Waals surface area contributed by atoms with Crippen molar-refractivity contribution in [2.45, 2.75) is 32.4 Å². The first-order chi connectivity index (χ1) is 20.5. The van der Waals surface area contributed by atoms with Crippen LogP contribution in [-0.4, -0.2) is 79.6 Å². The molecule has 0 unspecified atom stereocenters. The van der Waals surface area contributed by atoms with Gasteiger partial charge in [-0.1, -0.05) is 42.5 Å². The lowest BCUT2D eigenvalue weighted by Gasteiger charge is -2.34. The first-order valence-electron chi connectivity index (χ1n) is 15.2. The quantitative estimate of drug-likeness (QED) is 0.310. The van der Waals surface area contributed by atoms with Gasteiger partial charge in [0.2, 0.25) is 5.91 Å². The summed E-state index contributed by atoms with van der Waals surface area (Å²) in [6.45, 7) is 9.85. The van der Waals surface area contributed by atoms with E-state index >= 15 is 0 Å². The smallest absolute Gasteiger partial charge is 0.238 e. The van der Waals surface area contributed by atoms with E-state index in [1.165, 1.54) is 11.3 Å². The van der Waals surface area contributed by atoms with Gasteiger partial charge in [0.25, 0.3) is 0 Å². The molecule has 1 aromatic heterocycles. The van der Waals surface area contributed by atoms with Crippen LogP contribution in [0.1, 0.15) is 24.0 Å². The second kappa shape index (κ2) is 13.0. The molecule has 0 aliphatic carbocycles. The van der Waals surface area contributed by atoms with Crippen LogP contribution in [-0.2, 0) is 11.3 Å². The Hall–Kier alpha value is -3.78. The number of carbonyl (C=O) groups excluding carboxylic acids is 1. The van der Waals surface area contributed by atoms with Gasteiger partial charge in [-0.15, -0.1) is 0 Å². The van der Waals surface area contributed by atoms with Crippen molar-refractivity contribution in [1.29, 1.82) is 0 Å². The van der Waals surface area contributed by atoms with E-state index in [1.54, 1.807) is 0 Å². The summed E-state index contributed by atoms with van der Waals surface area (Å²) in [4.78, 5) is 25.0. The molecule has 6 rings (SSSR count). The number of anilines is 2. The molecular weight excluding hydrogens is 520 g/mol. The molecule has 1 amide bonds. The summed E-state index contributed by atoms with van der Waals surface area (Å²) < 4.78 is 0. The third-order valence-electron chi connectivity index (χ3n) is 8.72. The molecule has 2 N–H and O–H groups in total. The fourth-order valence-corrected chi connectivity index (χ4v) is 6.11. The Morgan fingerprint density at radius 2 is 1.62 bits per heavy atom. The number of fused-ring (bicyclic) bond motifs is 1. The maximum atomic E-state index is 12.8. The molecule has 0 atom stereocenters. The minimum absolute atomic E-state index is 0.0104. The van der Waals surface area contributed by atoms with E-state index in [-0.39, 0.29) is 5.91 Å². The maximum Gasteiger partial charge on any atom is 0.238 e. The SMILES string of the molecule is Cc1cc(-c2ccc(N3CCN(C)CC3)cc2)nc2ccc(NC(=O)CNC3CCN(Cc4ccccc4)CC3)cc12. The second-order valence-electron chi connectivity index (χ2n) is 11.9. The van der Waals surface area contributed by atoms with Crippen molar-refractivity contribution < 1.29 is 4.79 Å². The molecule has 0 saturated carbocycles. The number of likely N-dealkylation sites (N-methyl/N-ethyl adjacent to an activating group) is 1. The molecule has 4 aromatic rings. The zero-order valence-corrected chi connectivity index (χ0v) is 24.9. The van der Waals surface area contributed by atoms with Gasteiger partial charge in [-0.2, -0.15) is 0 Å². The number of hydrogen-bond acceptors (Lipinski definition) is 6. The third-order valence-corrected chi connectivity index (χ3v) is 8.72. The fourth-order valence-electron chi connectivity index (χ4n) is 6.11. The molecule has 7 nitrogen and oxygen atoms in total. The molecule has 0 spiro atoms. The number of carbonyl (C=O) groups is 1. The number of rotatable bonds is 8. The van der Waals surface area contributed by atoms with Crippen LogP contribution in [0.4, 0.5) is 11.4 Å². The average Bonchev–Trinajstić information content (AvgIpc) is 3.02. The largest absolute Gasteiger partial charge is 0.369 e. The average molecular weight is 563 g/mol. The predicted octanol–water partition coefficient (Wildman–Crippen LogP) is 5.15. The van der Waals surface area contributed by atoms with Crippen molar-refractivity contribution in [3.8, 4) is 11.3 Å². The lowest BCUT2D eigenvalue weighted by Crippen LogP contribution is -2.44. The summed E-state index contributed by atoms with van der Waals surface area (Å²) in [6, 6.07) is 27.9. The zero-order valence-electron chi connectivity index (χ0n) is 24.9. The number of aromatic nitrogens is 1. The van der Waals surface area contributed by atoms with E-state index in [2.05, 4.69) is 100.0 Å². The minimum Gasteiger partial charge on any atom is -0.369 e. The Labute approximate surface area is 249 Å². The highest BCUT2D eigenvalue weighted by molar-refractivity contribution is 5.96. The van der Waals surface area contributed by atoms with Crippen molar-refractivity contribution in [3.63, 3.8) is 0 Å². The molecule has 0 radical (unpaired) electrons. The number of likely N-dealkylation sites (tertiary alicyclic amines) is 1.